The summed E-state index contributed by atoms with van der Waals surface area (Å²) in [7, 11) is 1.65. The predicted octanol–water partition coefficient (Wildman–Crippen LogP) is 5.47. The van der Waals surface area contributed by atoms with Gasteiger partial charge in [0.1, 0.15) is 17.2 Å². The van der Waals surface area contributed by atoms with Gasteiger partial charge < -0.3 is 18.6 Å². The molecule has 1 saturated carbocycles. The average molecular weight is 416 g/mol. The van der Waals surface area contributed by atoms with E-state index >= 15 is 0 Å². The van der Waals surface area contributed by atoms with Crippen molar-refractivity contribution in [2.75, 3.05) is 13.7 Å². The van der Waals surface area contributed by atoms with E-state index in [2.05, 4.69) is 4.98 Å². The first-order valence-corrected chi connectivity index (χ1v) is 11.0. The Morgan fingerprint density at radius 1 is 1.30 bits per heavy atom. The third-order valence-electron chi connectivity index (χ3n) is 5.70. The van der Waals surface area contributed by atoms with Crippen molar-refractivity contribution in [3.05, 3.63) is 35.7 Å². The summed E-state index contributed by atoms with van der Waals surface area (Å²) in [5.74, 6) is 2.68. The minimum Gasteiger partial charge on any atom is -0.497 e. The number of methoxy groups -OCH3 is 1. The van der Waals surface area contributed by atoms with Crippen molar-refractivity contribution in [2.45, 2.75) is 71.5 Å². The van der Waals surface area contributed by atoms with Crippen LogP contribution in [0.2, 0.25) is 0 Å². The van der Waals surface area contributed by atoms with Crippen molar-refractivity contribution in [3.63, 3.8) is 0 Å². The molecule has 1 aliphatic carbocycles. The summed E-state index contributed by atoms with van der Waals surface area (Å²) in [4.78, 5) is 16.2. The topological polar surface area (TPSA) is 70.8 Å². The van der Waals surface area contributed by atoms with Crippen molar-refractivity contribution in [1.29, 1.82) is 0 Å². The first-order chi connectivity index (χ1) is 14.6. The summed E-state index contributed by atoms with van der Waals surface area (Å²) in [5.41, 5.74) is 1.74. The zero-order valence-corrected chi connectivity index (χ0v) is 18.3. The molecule has 2 atom stereocenters. The van der Waals surface area contributed by atoms with Crippen molar-refractivity contribution in [3.8, 4) is 17.2 Å². The standard InChI is InChI=1S/C24H33NO5/c1-4-28-23(26)13-6-9-18-8-5-12-21(14-18)29-16-22-17(2)30-24(25-22)19-10-7-11-20(15-19)27-3/h7,10-11,15,18,21H,4-6,8-9,12-14,16H2,1-3H3. The fourth-order valence-electron chi connectivity index (χ4n) is 4.06. The Bertz CT molecular complexity index is 816. The van der Waals surface area contributed by atoms with Crippen LogP contribution >= 0.6 is 0 Å². The lowest BCUT2D eigenvalue weighted by Gasteiger charge is -2.29. The first-order valence-electron chi connectivity index (χ1n) is 11.0. The highest BCUT2D eigenvalue weighted by Gasteiger charge is 2.23. The molecule has 0 saturated heterocycles. The highest BCUT2D eigenvalue weighted by molar-refractivity contribution is 5.69. The number of nitrogens with zero attached hydrogens (tertiary/aromatic N) is 1. The molecule has 1 aromatic heterocycles. The number of esters is 1. The van der Waals surface area contributed by atoms with Gasteiger partial charge in [-0.3, -0.25) is 4.79 Å². The van der Waals surface area contributed by atoms with Gasteiger partial charge in [-0.1, -0.05) is 18.9 Å². The monoisotopic (exact) mass is 415 g/mol. The number of carbonyl (C=O) groups is 1. The number of benzene rings is 1. The lowest BCUT2D eigenvalue weighted by molar-refractivity contribution is -0.143. The van der Waals surface area contributed by atoms with Gasteiger partial charge in [-0.25, -0.2) is 4.98 Å². The summed E-state index contributed by atoms with van der Waals surface area (Å²) in [6.45, 7) is 4.68. The molecule has 30 heavy (non-hydrogen) atoms. The van der Waals surface area contributed by atoms with Gasteiger partial charge in [-0.2, -0.15) is 0 Å². The number of hydrogen-bond donors (Lipinski definition) is 0. The van der Waals surface area contributed by atoms with E-state index in [4.69, 9.17) is 18.6 Å². The molecule has 0 spiro atoms. The minimum atomic E-state index is -0.0885. The molecule has 164 valence electrons. The van der Waals surface area contributed by atoms with Gasteiger partial charge in [0.05, 0.1) is 26.4 Å². The van der Waals surface area contributed by atoms with E-state index < -0.39 is 0 Å². The van der Waals surface area contributed by atoms with E-state index in [1.165, 1.54) is 12.8 Å². The third-order valence-corrected chi connectivity index (χ3v) is 5.70. The largest absolute Gasteiger partial charge is 0.497 e. The number of aryl methyl sites for hydroxylation is 1. The summed E-state index contributed by atoms with van der Waals surface area (Å²) in [6.07, 6.45) is 7.21. The molecule has 0 aliphatic heterocycles. The quantitative estimate of drug-likeness (QED) is 0.479. The minimum absolute atomic E-state index is 0.0885. The Balaban J connectivity index is 1.49. The van der Waals surface area contributed by atoms with Gasteiger partial charge in [0.15, 0.2) is 0 Å². The molecule has 3 rings (SSSR count). The van der Waals surface area contributed by atoms with Gasteiger partial charge in [0.2, 0.25) is 5.89 Å². The Hall–Kier alpha value is -2.34. The summed E-state index contributed by atoms with van der Waals surface area (Å²) >= 11 is 0. The summed E-state index contributed by atoms with van der Waals surface area (Å²) in [5, 5.41) is 0. The maximum Gasteiger partial charge on any atom is 0.305 e. The molecule has 0 radical (unpaired) electrons. The second kappa shape index (κ2) is 11.2. The number of ether oxygens (including phenoxy) is 3. The molecule has 6 heteroatoms. The lowest BCUT2D eigenvalue weighted by Crippen LogP contribution is -2.23. The highest BCUT2D eigenvalue weighted by atomic mass is 16.5. The summed E-state index contributed by atoms with van der Waals surface area (Å²) in [6, 6.07) is 7.70. The van der Waals surface area contributed by atoms with Crippen molar-refractivity contribution >= 4 is 5.97 Å². The average Bonchev–Trinajstić information content (AvgIpc) is 3.13. The van der Waals surface area contributed by atoms with E-state index in [0.29, 0.717) is 31.4 Å². The van der Waals surface area contributed by atoms with Gasteiger partial charge in [0.25, 0.3) is 0 Å². The van der Waals surface area contributed by atoms with Gasteiger partial charge in [-0.05, 0) is 63.6 Å². The van der Waals surface area contributed by atoms with Crippen LogP contribution in [0.15, 0.2) is 28.7 Å². The SMILES string of the molecule is CCOC(=O)CCCC1CCCC(OCc2nc(-c3cccc(OC)c3)oc2C)C1. The Morgan fingerprint density at radius 3 is 2.97 bits per heavy atom. The highest BCUT2D eigenvalue weighted by Crippen LogP contribution is 2.31. The third kappa shape index (κ3) is 6.33. The number of carbonyl (C=O) groups excluding carboxylic acids is 1. The van der Waals surface area contributed by atoms with Gasteiger partial charge >= 0.3 is 5.97 Å². The van der Waals surface area contributed by atoms with E-state index in [1.54, 1.807) is 7.11 Å². The normalized spacial score (nSPS) is 18.9. The Kier molecular flexibility index (Phi) is 8.31. The number of aromatic nitrogens is 1. The van der Waals surface area contributed by atoms with Crippen LogP contribution in [-0.2, 0) is 20.9 Å². The molecule has 0 amide bonds. The first kappa shape index (κ1) is 22.3. The molecular weight excluding hydrogens is 382 g/mol. The molecule has 1 aliphatic rings. The van der Waals surface area contributed by atoms with E-state index in [-0.39, 0.29) is 12.1 Å². The second-order valence-electron chi connectivity index (χ2n) is 7.92. The van der Waals surface area contributed by atoms with Gasteiger partial charge in [-0.15, -0.1) is 0 Å². The zero-order chi connectivity index (χ0) is 21.3. The fraction of sp³-hybridized carbons (Fsp3) is 0.583. The molecule has 1 heterocycles. The Labute approximate surface area is 178 Å². The Morgan fingerprint density at radius 2 is 2.17 bits per heavy atom. The maximum absolute atomic E-state index is 11.5. The van der Waals surface area contributed by atoms with Crippen molar-refractivity contribution < 1.29 is 23.4 Å². The number of hydrogen-bond acceptors (Lipinski definition) is 6. The lowest BCUT2D eigenvalue weighted by atomic mass is 9.84. The fourth-order valence-corrected chi connectivity index (χ4v) is 4.06. The van der Waals surface area contributed by atoms with Crippen LogP contribution in [0.25, 0.3) is 11.5 Å². The number of oxazole rings is 1. The van der Waals surface area contributed by atoms with Crippen LogP contribution in [0.1, 0.15) is 63.3 Å². The smallest absolute Gasteiger partial charge is 0.305 e. The second-order valence-corrected chi connectivity index (χ2v) is 7.92. The van der Waals surface area contributed by atoms with Crippen LogP contribution < -0.4 is 4.74 Å². The molecule has 1 aromatic carbocycles. The van der Waals surface area contributed by atoms with Crippen LogP contribution in [0.3, 0.4) is 0 Å². The molecule has 0 bridgehead atoms. The van der Waals surface area contributed by atoms with Gasteiger partial charge in [0, 0.05) is 12.0 Å². The van der Waals surface area contributed by atoms with E-state index in [0.717, 1.165) is 48.5 Å². The predicted molar refractivity (Wildman–Crippen MR) is 114 cm³/mol. The van der Waals surface area contributed by atoms with E-state index in [1.807, 2.05) is 38.1 Å². The summed E-state index contributed by atoms with van der Waals surface area (Å²) < 4.78 is 22.4. The van der Waals surface area contributed by atoms with Crippen LogP contribution in [0.4, 0.5) is 0 Å². The molecular formula is C24H33NO5. The maximum atomic E-state index is 11.5. The molecule has 0 N–H and O–H groups in total. The van der Waals surface area contributed by atoms with Crippen molar-refractivity contribution in [2.24, 2.45) is 5.92 Å². The van der Waals surface area contributed by atoms with Crippen LogP contribution in [-0.4, -0.2) is 30.8 Å². The van der Waals surface area contributed by atoms with E-state index in [9.17, 15) is 4.79 Å². The van der Waals surface area contributed by atoms with Crippen LogP contribution in [0.5, 0.6) is 5.75 Å². The van der Waals surface area contributed by atoms with Crippen molar-refractivity contribution in [1.82, 2.24) is 4.98 Å². The molecule has 6 nitrogen and oxygen atoms in total. The molecule has 2 aromatic rings. The number of rotatable bonds is 10. The zero-order valence-electron chi connectivity index (χ0n) is 18.3. The molecule has 2 unspecified atom stereocenters. The van der Waals surface area contributed by atoms with Crippen LogP contribution in [0, 0.1) is 12.8 Å². The molecule has 1 fully saturated rings.